The summed E-state index contributed by atoms with van der Waals surface area (Å²) >= 11 is 0. The number of amides is 1. The minimum Gasteiger partial charge on any atom is -0.348 e. The van der Waals surface area contributed by atoms with Crippen LogP contribution in [0.2, 0.25) is 0 Å². The summed E-state index contributed by atoms with van der Waals surface area (Å²) < 4.78 is 0. The highest BCUT2D eigenvalue weighted by Crippen LogP contribution is 2.28. The Kier molecular flexibility index (Phi) is 3.15. The Hall–Kier alpha value is -1.61. The van der Waals surface area contributed by atoms with E-state index in [9.17, 15) is 4.79 Å². The molecular weight excluding hydrogens is 224 g/mol. The number of hydrogen-bond acceptors (Lipinski definition) is 2. The van der Waals surface area contributed by atoms with Gasteiger partial charge in [-0.1, -0.05) is 30.3 Å². The van der Waals surface area contributed by atoms with Crippen LogP contribution in [0.3, 0.4) is 0 Å². The molecule has 0 aliphatic carbocycles. The van der Waals surface area contributed by atoms with Gasteiger partial charge in [-0.15, -0.1) is 0 Å². The third-order valence-corrected chi connectivity index (χ3v) is 3.85. The Labute approximate surface area is 107 Å². The fourth-order valence-electron chi connectivity index (χ4n) is 2.95. The van der Waals surface area contributed by atoms with Crippen LogP contribution in [0.5, 0.6) is 0 Å². The first-order valence-electron chi connectivity index (χ1n) is 6.61. The van der Waals surface area contributed by atoms with Crippen LogP contribution in [0.4, 0.5) is 0 Å². The molecule has 3 heteroatoms. The van der Waals surface area contributed by atoms with Gasteiger partial charge in [-0.2, -0.15) is 0 Å². The second kappa shape index (κ2) is 4.94. The summed E-state index contributed by atoms with van der Waals surface area (Å²) in [6, 6.07) is 11.3. The average Bonchev–Trinajstić information content (AvgIpc) is 3.00. The third-order valence-electron chi connectivity index (χ3n) is 3.85. The maximum atomic E-state index is 11.8. The summed E-state index contributed by atoms with van der Waals surface area (Å²) in [6.07, 6.45) is 7.02. The molecule has 0 unspecified atom stereocenters. The topological polar surface area (TPSA) is 41.1 Å². The Balaban J connectivity index is 1.55. The van der Waals surface area contributed by atoms with Crippen molar-refractivity contribution in [3.8, 4) is 0 Å². The van der Waals surface area contributed by atoms with Gasteiger partial charge in [0.05, 0.1) is 0 Å². The Bertz CT molecular complexity index is 455. The van der Waals surface area contributed by atoms with Crippen LogP contribution in [-0.2, 0) is 4.79 Å². The van der Waals surface area contributed by atoms with Crippen LogP contribution >= 0.6 is 0 Å². The van der Waals surface area contributed by atoms with Gasteiger partial charge in [-0.3, -0.25) is 4.79 Å². The van der Waals surface area contributed by atoms with Gasteiger partial charge in [0.15, 0.2) is 0 Å². The number of carbonyl (C=O) groups excluding carboxylic acids is 1. The molecule has 94 valence electrons. The summed E-state index contributed by atoms with van der Waals surface area (Å²) in [5.74, 6) is 0.0122. The quantitative estimate of drug-likeness (QED) is 0.792. The second-order valence-corrected chi connectivity index (χ2v) is 5.14. The van der Waals surface area contributed by atoms with Gasteiger partial charge < -0.3 is 10.6 Å². The summed E-state index contributed by atoms with van der Waals surface area (Å²) in [5, 5.41) is 6.61. The molecule has 2 bridgehead atoms. The molecular formula is C15H18N2O. The van der Waals surface area contributed by atoms with Crippen molar-refractivity contribution in [3.63, 3.8) is 0 Å². The first-order chi connectivity index (χ1) is 8.81. The highest BCUT2D eigenvalue weighted by Gasteiger charge is 2.39. The lowest BCUT2D eigenvalue weighted by atomic mass is 9.95. The van der Waals surface area contributed by atoms with Crippen LogP contribution in [0, 0.1) is 0 Å². The Morgan fingerprint density at radius 2 is 2.11 bits per heavy atom. The van der Waals surface area contributed by atoms with E-state index in [0.29, 0.717) is 18.1 Å². The van der Waals surface area contributed by atoms with E-state index in [1.54, 1.807) is 6.08 Å². The molecule has 0 saturated carbocycles. The van der Waals surface area contributed by atoms with Gasteiger partial charge in [0.1, 0.15) is 0 Å². The zero-order valence-corrected chi connectivity index (χ0v) is 10.3. The standard InChI is InChI=1S/C15H18N2O/c18-15(9-6-11-4-2-1-3-5-11)17-14-10-12-7-8-13(14)16-12/h1-6,9,12-14,16H,7-8,10H2,(H,17,18)/b9-6+/t12-,13+,14+/m1/s1. The normalized spacial score (nSPS) is 29.9. The van der Waals surface area contributed by atoms with Crippen molar-refractivity contribution in [2.24, 2.45) is 0 Å². The smallest absolute Gasteiger partial charge is 0.244 e. The fraction of sp³-hybridized carbons (Fsp3) is 0.400. The highest BCUT2D eigenvalue weighted by atomic mass is 16.1. The molecule has 3 atom stereocenters. The molecule has 1 aromatic carbocycles. The Morgan fingerprint density at radius 1 is 1.28 bits per heavy atom. The van der Waals surface area contributed by atoms with Crippen LogP contribution in [0.1, 0.15) is 24.8 Å². The van der Waals surface area contributed by atoms with Crippen molar-refractivity contribution in [1.29, 1.82) is 0 Å². The minimum atomic E-state index is 0.0122. The molecule has 0 aromatic heterocycles. The van der Waals surface area contributed by atoms with Gasteiger partial charge in [0, 0.05) is 24.2 Å². The Morgan fingerprint density at radius 3 is 2.78 bits per heavy atom. The van der Waals surface area contributed by atoms with Crippen LogP contribution < -0.4 is 10.6 Å². The van der Waals surface area contributed by atoms with Gasteiger partial charge in [0.2, 0.25) is 5.91 Å². The predicted octanol–water partition coefficient (Wildman–Crippen LogP) is 1.71. The molecule has 2 saturated heterocycles. The molecule has 3 rings (SSSR count). The molecule has 1 aromatic rings. The maximum absolute atomic E-state index is 11.8. The lowest BCUT2D eigenvalue weighted by Gasteiger charge is -2.20. The number of fused-ring (bicyclic) bond motifs is 2. The average molecular weight is 242 g/mol. The molecule has 0 radical (unpaired) electrons. The molecule has 2 aliphatic rings. The predicted molar refractivity (Wildman–Crippen MR) is 72.0 cm³/mol. The van der Waals surface area contributed by atoms with Gasteiger partial charge in [-0.25, -0.2) is 0 Å². The summed E-state index contributed by atoms with van der Waals surface area (Å²) in [5.41, 5.74) is 1.05. The van der Waals surface area contributed by atoms with Crippen molar-refractivity contribution in [2.45, 2.75) is 37.4 Å². The SMILES string of the molecule is O=C(/C=C/c1ccccc1)N[C@H]1C[C@H]2CC[C@@H]1N2. The van der Waals surface area contributed by atoms with Crippen LogP contribution in [-0.4, -0.2) is 24.0 Å². The highest BCUT2D eigenvalue weighted by molar-refractivity contribution is 5.92. The van der Waals surface area contributed by atoms with Gasteiger partial charge in [-0.05, 0) is 30.9 Å². The molecule has 1 amide bonds. The number of nitrogens with one attached hydrogen (secondary N) is 2. The van der Waals surface area contributed by atoms with Crippen molar-refractivity contribution in [3.05, 3.63) is 42.0 Å². The first-order valence-corrected chi connectivity index (χ1v) is 6.61. The maximum Gasteiger partial charge on any atom is 0.244 e. The number of rotatable bonds is 3. The monoisotopic (exact) mass is 242 g/mol. The minimum absolute atomic E-state index is 0.0122. The van der Waals surface area contributed by atoms with Gasteiger partial charge in [0.25, 0.3) is 0 Å². The van der Waals surface area contributed by atoms with Crippen molar-refractivity contribution in [2.75, 3.05) is 0 Å². The van der Waals surface area contributed by atoms with E-state index in [0.717, 1.165) is 12.0 Å². The molecule has 0 spiro atoms. The van der Waals surface area contributed by atoms with Crippen molar-refractivity contribution >= 4 is 12.0 Å². The number of hydrogen-bond donors (Lipinski definition) is 2. The number of carbonyl (C=O) groups is 1. The summed E-state index contributed by atoms with van der Waals surface area (Å²) in [6.45, 7) is 0. The van der Waals surface area contributed by atoms with Crippen LogP contribution in [0.15, 0.2) is 36.4 Å². The summed E-state index contributed by atoms with van der Waals surface area (Å²) in [7, 11) is 0. The summed E-state index contributed by atoms with van der Waals surface area (Å²) in [4.78, 5) is 11.8. The largest absolute Gasteiger partial charge is 0.348 e. The van der Waals surface area contributed by atoms with E-state index >= 15 is 0 Å². The lowest BCUT2D eigenvalue weighted by Crippen LogP contribution is -2.42. The molecule has 2 aliphatic heterocycles. The van der Waals surface area contributed by atoms with E-state index in [4.69, 9.17) is 0 Å². The molecule has 18 heavy (non-hydrogen) atoms. The van der Waals surface area contributed by atoms with Crippen molar-refractivity contribution < 1.29 is 4.79 Å². The third kappa shape index (κ3) is 2.46. The van der Waals surface area contributed by atoms with Crippen LogP contribution in [0.25, 0.3) is 6.08 Å². The van der Waals surface area contributed by atoms with Gasteiger partial charge >= 0.3 is 0 Å². The zero-order valence-electron chi connectivity index (χ0n) is 10.3. The molecule has 3 nitrogen and oxygen atoms in total. The lowest BCUT2D eigenvalue weighted by molar-refractivity contribution is -0.117. The first kappa shape index (κ1) is 11.5. The van der Waals surface area contributed by atoms with E-state index in [-0.39, 0.29) is 5.91 Å². The van der Waals surface area contributed by atoms with E-state index in [1.807, 2.05) is 36.4 Å². The number of benzene rings is 1. The van der Waals surface area contributed by atoms with E-state index in [2.05, 4.69) is 10.6 Å². The van der Waals surface area contributed by atoms with Crippen molar-refractivity contribution in [1.82, 2.24) is 10.6 Å². The van der Waals surface area contributed by atoms with E-state index in [1.165, 1.54) is 12.8 Å². The molecule has 2 heterocycles. The second-order valence-electron chi connectivity index (χ2n) is 5.14. The zero-order chi connectivity index (χ0) is 12.4. The fourth-order valence-corrected chi connectivity index (χ4v) is 2.95. The van der Waals surface area contributed by atoms with E-state index < -0.39 is 0 Å². The molecule has 2 fully saturated rings. The molecule has 2 N–H and O–H groups in total.